The summed E-state index contributed by atoms with van der Waals surface area (Å²) in [5.41, 5.74) is 8.95. The van der Waals surface area contributed by atoms with Gasteiger partial charge in [-0.25, -0.2) is 19.9 Å². The summed E-state index contributed by atoms with van der Waals surface area (Å²) in [7, 11) is 0. The Balaban J connectivity index is 1.08. The Morgan fingerprint density at radius 3 is 2.63 bits per heavy atom. The number of amides is 2. The third-order valence-corrected chi connectivity index (χ3v) is 7.73. The zero-order valence-corrected chi connectivity index (χ0v) is 23.7. The number of aryl methyl sites for hydroxylation is 1. The predicted octanol–water partition coefficient (Wildman–Crippen LogP) is 6.80. The Labute approximate surface area is 248 Å². The number of nitrogens with one attached hydrogen (secondary N) is 1. The smallest absolute Gasteiger partial charge is 0.406 e. The van der Waals surface area contributed by atoms with Crippen molar-refractivity contribution in [2.45, 2.75) is 26.1 Å². The quantitative estimate of drug-likeness (QED) is 0.199. The average molecular weight is 604 g/mol. The Bertz CT molecular complexity index is 1760. The summed E-state index contributed by atoms with van der Waals surface area (Å²) in [6, 6.07) is 18.2. The number of hydrogen-bond acceptors (Lipinski definition) is 6. The van der Waals surface area contributed by atoms with E-state index in [0.717, 1.165) is 33.8 Å². The average Bonchev–Trinajstić information content (AvgIpc) is 3.61. The number of rotatable bonds is 5. The van der Waals surface area contributed by atoms with Crippen LogP contribution in [0.1, 0.15) is 29.5 Å². The molecule has 6 rings (SSSR count). The van der Waals surface area contributed by atoms with Gasteiger partial charge in [0.25, 0.3) is 0 Å². The molecule has 1 aromatic heterocycles. The van der Waals surface area contributed by atoms with Crippen molar-refractivity contribution in [2.75, 3.05) is 10.7 Å². The molecule has 4 aromatic rings. The number of alkyl halides is 3. The Morgan fingerprint density at radius 1 is 1.12 bits per heavy atom. The lowest BCUT2D eigenvalue weighted by atomic mass is 9.93. The number of ether oxygens (including phenoxy) is 1. The van der Waals surface area contributed by atoms with Crippen molar-refractivity contribution in [3.63, 3.8) is 0 Å². The minimum absolute atomic E-state index is 0.292. The van der Waals surface area contributed by atoms with Crippen LogP contribution in [-0.2, 0) is 0 Å². The number of carbonyl (C=O) groups is 1. The SMILES string of the molecule is Cc1ccc2c(c1)N1C(=CC2C)CS/C1=N\C(=O)N/N=C/c1ccc(-c2ncn(-c3ccc(OC(F)(F)F)cc3)n2)cc1. The number of anilines is 1. The number of aromatic nitrogens is 3. The first kappa shape index (κ1) is 28.2. The predicted molar refractivity (Wildman–Crippen MR) is 160 cm³/mol. The molecule has 2 aliphatic rings. The number of carbonyl (C=O) groups excluding carboxylic acids is 1. The maximum atomic E-state index is 12.6. The molecule has 3 aromatic carbocycles. The lowest BCUT2D eigenvalue weighted by molar-refractivity contribution is -0.274. The highest BCUT2D eigenvalue weighted by Gasteiger charge is 2.33. The highest BCUT2D eigenvalue weighted by Crippen LogP contribution is 2.43. The second-order valence-corrected chi connectivity index (χ2v) is 10.8. The number of aliphatic imine (C=N–C) groups is 1. The summed E-state index contributed by atoms with van der Waals surface area (Å²) in [4.78, 5) is 23.2. The maximum Gasteiger partial charge on any atom is 0.573 e. The molecular weight excluding hydrogens is 579 g/mol. The molecule has 1 N–H and O–H groups in total. The summed E-state index contributed by atoms with van der Waals surface area (Å²) < 4.78 is 42.5. The monoisotopic (exact) mass is 603 g/mol. The van der Waals surface area contributed by atoms with Crippen LogP contribution in [-0.4, -0.2) is 44.3 Å². The van der Waals surface area contributed by atoms with Gasteiger partial charge in [0.1, 0.15) is 12.1 Å². The van der Waals surface area contributed by atoms with E-state index in [1.165, 1.54) is 58.8 Å². The maximum absolute atomic E-state index is 12.6. The van der Waals surface area contributed by atoms with Gasteiger partial charge >= 0.3 is 12.4 Å². The van der Waals surface area contributed by atoms with Crippen molar-refractivity contribution < 1.29 is 22.7 Å². The minimum atomic E-state index is -4.76. The molecule has 1 unspecified atom stereocenters. The number of benzene rings is 3. The van der Waals surface area contributed by atoms with Crippen LogP contribution in [0.15, 0.2) is 94.9 Å². The van der Waals surface area contributed by atoms with Crippen LogP contribution in [0, 0.1) is 6.92 Å². The van der Waals surface area contributed by atoms with E-state index in [9.17, 15) is 18.0 Å². The molecule has 0 spiro atoms. The minimum Gasteiger partial charge on any atom is -0.406 e. The Morgan fingerprint density at radius 2 is 1.88 bits per heavy atom. The molecule has 1 saturated heterocycles. The van der Waals surface area contributed by atoms with Gasteiger partial charge in [0.05, 0.1) is 17.6 Å². The summed E-state index contributed by atoms with van der Waals surface area (Å²) in [6.45, 7) is 4.21. The first-order valence-corrected chi connectivity index (χ1v) is 14.2. The van der Waals surface area contributed by atoms with Gasteiger partial charge in [-0.3, -0.25) is 4.90 Å². The van der Waals surface area contributed by atoms with Crippen molar-refractivity contribution >= 4 is 34.9 Å². The van der Waals surface area contributed by atoms with Gasteiger partial charge in [-0.2, -0.15) is 10.1 Å². The van der Waals surface area contributed by atoms with Crippen LogP contribution in [0.2, 0.25) is 0 Å². The van der Waals surface area contributed by atoms with Gasteiger partial charge < -0.3 is 4.74 Å². The second kappa shape index (κ2) is 11.4. The normalized spacial score (nSPS) is 17.1. The molecule has 1 fully saturated rings. The van der Waals surface area contributed by atoms with E-state index in [1.54, 1.807) is 24.3 Å². The van der Waals surface area contributed by atoms with Crippen molar-refractivity contribution in [3.8, 4) is 22.8 Å². The molecule has 0 saturated carbocycles. The number of urea groups is 1. The Kier molecular flexibility index (Phi) is 7.48. The molecule has 9 nitrogen and oxygen atoms in total. The molecule has 3 heterocycles. The second-order valence-electron chi connectivity index (χ2n) is 9.88. The number of nitrogens with zero attached hydrogens (tertiary/aromatic N) is 6. The van der Waals surface area contributed by atoms with E-state index in [2.05, 4.69) is 61.5 Å². The molecule has 0 radical (unpaired) electrons. The van der Waals surface area contributed by atoms with Crippen LogP contribution >= 0.6 is 11.8 Å². The zero-order chi connectivity index (χ0) is 30.1. The van der Waals surface area contributed by atoms with Crippen LogP contribution in [0.4, 0.5) is 23.7 Å². The topological polar surface area (TPSA) is 97.0 Å². The first-order valence-electron chi connectivity index (χ1n) is 13.2. The fraction of sp³-hybridized carbons (Fsp3) is 0.167. The lowest BCUT2D eigenvalue weighted by Crippen LogP contribution is -2.28. The van der Waals surface area contributed by atoms with E-state index in [1.807, 2.05) is 11.8 Å². The van der Waals surface area contributed by atoms with Gasteiger partial charge in [-0.15, -0.1) is 18.3 Å². The number of fused-ring (bicyclic) bond motifs is 3. The van der Waals surface area contributed by atoms with Crippen LogP contribution < -0.4 is 15.1 Å². The van der Waals surface area contributed by atoms with E-state index in [4.69, 9.17) is 0 Å². The fourth-order valence-electron chi connectivity index (χ4n) is 4.78. The zero-order valence-electron chi connectivity index (χ0n) is 22.9. The summed E-state index contributed by atoms with van der Waals surface area (Å²) >= 11 is 1.51. The van der Waals surface area contributed by atoms with Gasteiger partial charge in [0, 0.05) is 22.9 Å². The third kappa shape index (κ3) is 6.31. The number of halogens is 3. The van der Waals surface area contributed by atoms with E-state index in [-0.39, 0.29) is 5.75 Å². The molecule has 0 bridgehead atoms. The van der Waals surface area contributed by atoms with Gasteiger partial charge in [0.2, 0.25) is 0 Å². The van der Waals surface area contributed by atoms with E-state index >= 15 is 0 Å². The fourth-order valence-corrected chi connectivity index (χ4v) is 5.77. The summed E-state index contributed by atoms with van der Waals surface area (Å²) in [5, 5.41) is 9.05. The largest absolute Gasteiger partial charge is 0.573 e. The van der Waals surface area contributed by atoms with Crippen LogP contribution in [0.3, 0.4) is 0 Å². The van der Waals surface area contributed by atoms with Crippen molar-refractivity contribution in [2.24, 2.45) is 10.1 Å². The van der Waals surface area contributed by atoms with Crippen molar-refractivity contribution in [3.05, 3.63) is 102 Å². The van der Waals surface area contributed by atoms with Crippen LogP contribution in [0.25, 0.3) is 17.1 Å². The standard InChI is InChI=1S/C30H24F3N7O2S/c1-18-3-12-25-19(2)14-23-16-43-29(40(23)26(25)13-18)36-28(41)37-35-15-20-4-6-21(7-5-20)27-34-17-39(38-27)22-8-10-24(11-9-22)42-30(31,32)33/h3-15,17,19H,16H2,1-2H3,(H,37,41)/b35-15+,36-29-. The van der Waals surface area contributed by atoms with Gasteiger partial charge in [-0.05, 0) is 53.9 Å². The molecule has 2 aliphatic heterocycles. The summed E-state index contributed by atoms with van der Waals surface area (Å²) in [6.07, 6.45) is 0.426. The van der Waals surface area contributed by atoms with E-state index < -0.39 is 12.4 Å². The number of hydrazone groups is 1. The lowest BCUT2D eigenvalue weighted by Gasteiger charge is -2.30. The Hall–Kier alpha value is -4.91. The molecule has 43 heavy (non-hydrogen) atoms. The molecule has 0 aliphatic carbocycles. The van der Waals surface area contributed by atoms with Crippen molar-refractivity contribution in [1.82, 2.24) is 20.2 Å². The molecule has 218 valence electrons. The van der Waals surface area contributed by atoms with Gasteiger partial charge in [-0.1, -0.05) is 61.2 Å². The van der Waals surface area contributed by atoms with Gasteiger partial charge in [0.15, 0.2) is 11.0 Å². The third-order valence-electron chi connectivity index (χ3n) is 6.75. The van der Waals surface area contributed by atoms with E-state index in [0.29, 0.717) is 22.6 Å². The summed E-state index contributed by atoms with van der Waals surface area (Å²) in [5.74, 6) is 1.14. The number of hydrogen-bond donors (Lipinski definition) is 1. The molecule has 13 heteroatoms. The molecule has 1 atom stereocenters. The highest BCUT2D eigenvalue weighted by molar-refractivity contribution is 8.14. The van der Waals surface area contributed by atoms with Crippen LogP contribution in [0.5, 0.6) is 5.75 Å². The highest BCUT2D eigenvalue weighted by atomic mass is 32.2. The molecular formula is C30H24F3N7O2S. The van der Waals surface area contributed by atoms with Crippen molar-refractivity contribution in [1.29, 1.82) is 0 Å². The number of amidine groups is 1. The number of thioether (sulfide) groups is 1. The first-order chi connectivity index (χ1) is 20.6. The number of allylic oxidation sites excluding steroid dienone is 1. The molecule has 2 amide bonds.